The van der Waals surface area contributed by atoms with Crippen molar-refractivity contribution >= 4 is 12.0 Å². The molecule has 18 heavy (non-hydrogen) atoms. The third-order valence-electron chi connectivity index (χ3n) is 2.77. The number of nitrogens with zero attached hydrogens (tertiary/aromatic N) is 2. The van der Waals surface area contributed by atoms with E-state index in [4.69, 9.17) is 5.11 Å². The molecule has 0 saturated heterocycles. The van der Waals surface area contributed by atoms with Gasteiger partial charge in [-0.2, -0.15) is 0 Å². The first-order valence-electron chi connectivity index (χ1n) is 6.28. The fourth-order valence-corrected chi connectivity index (χ4v) is 1.63. The van der Waals surface area contributed by atoms with E-state index in [0.717, 1.165) is 19.4 Å². The van der Waals surface area contributed by atoms with Crippen LogP contribution in [0.2, 0.25) is 0 Å². The van der Waals surface area contributed by atoms with Crippen LogP contribution >= 0.6 is 0 Å². The maximum Gasteiger partial charge on any atom is 0.326 e. The number of aliphatic carboxylic acids is 1. The molecule has 0 aliphatic rings. The van der Waals surface area contributed by atoms with Crippen molar-refractivity contribution in [2.24, 2.45) is 0 Å². The van der Waals surface area contributed by atoms with Gasteiger partial charge in [0.25, 0.3) is 0 Å². The van der Waals surface area contributed by atoms with Crippen molar-refractivity contribution in [3.05, 3.63) is 0 Å². The van der Waals surface area contributed by atoms with Crippen molar-refractivity contribution in [1.29, 1.82) is 0 Å². The highest BCUT2D eigenvalue weighted by Crippen LogP contribution is 2.02. The van der Waals surface area contributed by atoms with Crippen LogP contribution in [0, 0.1) is 0 Å². The van der Waals surface area contributed by atoms with Crippen LogP contribution in [0.3, 0.4) is 0 Å². The van der Waals surface area contributed by atoms with Crippen molar-refractivity contribution in [2.75, 3.05) is 34.2 Å². The Morgan fingerprint density at radius 2 is 1.83 bits per heavy atom. The molecule has 0 aliphatic heterocycles. The number of amides is 2. The average molecular weight is 259 g/mol. The topological polar surface area (TPSA) is 72.9 Å². The summed E-state index contributed by atoms with van der Waals surface area (Å²) in [6.45, 7) is 3.31. The van der Waals surface area contributed by atoms with Crippen LogP contribution in [0.4, 0.5) is 4.79 Å². The predicted molar refractivity (Wildman–Crippen MR) is 70.7 cm³/mol. The molecule has 106 valence electrons. The highest BCUT2D eigenvalue weighted by atomic mass is 16.4. The number of likely N-dealkylation sites (N-methyl/N-ethyl adjacent to an activating group) is 1. The second-order valence-electron chi connectivity index (χ2n) is 4.62. The fraction of sp³-hybridized carbons (Fsp3) is 0.833. The first-order chi connectivity index (χ1) is 8.40. The highest BCUT2D eigenvalue weighted by molar-refractivity contribution is 5.82. The van der Waals surface area contributed by atoms with Crippen LogP contribution < -0.4 is 5.32 Å². The Morgan fingerprint density at radius 1 is 1.22 bits per heavy atom. The Balaban J connectivity index is 3.90. The van der Waals surface area contributed by atoms with Crippen LogP contribution in [0.25, 0.3) is 0 Å². The molecule has 6 heteroatoms. The smallest absolute Gasteiger partial charge is 0.326 e. The number of hydrogen-bond donors (Lipinski definition) is 2. The predicted octanol–water partition coefficient (Wildman–Crippen LogP) is 0.833. The van der Waals surface area contributed by atoms with Crippen LogP contribution in [0.15, 0.2) is 0 Å². The number of rotatable bonds is 8. The molecule has 1 atom stereocenters. The molecule has 0 saturated carbocycles. The molecule has 0 fully saturated rings. The number of carboxylic acid groups (broad SMARTS) is 1. The van der Waals surface area contributed by atoms with E-state index in [1.54, 1.807) is 6.92 Å². The van der Waals surface area contributed by atoms with E-state index in [0.29, 0.717) is 13.0 Å². The molecule has 0 rings (SSSR count). The van der Waals surface area contributed by atoms with Gasteiger partial charge < -0.3 is 20.2 Å². The molecule has 0 aromatic heterocycles. The maximum absolute atomic E-state index is 11.7. The molecule has 2 N–H and O–H groups in total. The summed E-state index contributed by atoms with van der Waals surface area (Å²) in [5, 5.41) is 11.7. The lowest BCUT2D eigenvalue weighted by molar-refractivity contribution is -0.141. The summed E-state index contributed by atoms with van der Waals surface area (Å²) in [5.74, 6) is -0.970. The number of carboxylic acids is 1. The van der Waals surface area contributed by atoms with E-state index in [-0.39, 0.29) is 6.03 Å². The second-order valence-corrected chi connectivity index (χ2v) is 4.62. The number of carbonyl (C=O) groups excluding carboxylic acids is 1. The Hall–Kier alpha value is -1.30. The zero-order valence-electron chi connectivity index (χ0n) is 11.8. The van der Waals surface area contributed by atoms with Gasteiger partial charge in [-0.1, -0.05) is 6.92 Å². The molecule has 0 spiro atoms. The SMILES string of the molecule is CCC(C(=O)O)N(C)C(=O)NCCCCN(C)C. The Bertz CT molecular complexity index is 269. The van der Waals surface area contributed by atoms with E-state index in [1.165, 1.54) is 11.9 Å². The maximum atomic E-state index is 11.7. The van der Waals surface area contributed by atoms with E-state index in [9.17, 15) is 9.59 Å². The van der Waals surface area contributed by atoms with Gasteiger partial charge in [-0.3, -0.25) is 0 Å². The molecule has 0 bridgehead atoms. The summed E-state index contributed by atoms with van der Waals surface area (Å²) in [4.78, 5) is 25.9. The fourth-order valence-electron chi connectivity index (χ4n) is 1.63. The van der Waals surface area contributed by atoms with E-state index >= 15 is 0 Å². The van der Waals surface area contributed by atoms with Gasteiger partial charge in [-0.05, 0) is 39.9 Å². The number of nitrogens with one attached hydrogen (secondary N) is 1. The van der Waals surface area contributed by atoms with Gasteiger partial charge in [0, 0.05) is 13.6 Å². The van der Waals surface area contributed by atoms with Crippen molar-refractivity contribution < 1.29 is 14.7 Å². The Morgan fingerprint density at radius 3 is 2.28 bits per heavy atom. The molecule has 6 nitrogen and oxygen atoms in total. The largest absolute Gasteiger partial charge is 0.480 e. The second kappa shape index (κ2) is 8.74. The van der Waals surface area contributed by atoms with Gasteiger partial charge in [0.1, 0.15) is 6.04 Å². The lowest BCUT2D eigenvalue weighted by Crippen LogP contribution is -2.47. The molecular formula is C12H25N3O3. The van der Waals surface area contributed by atoms with Gasteiger partial charge >= 0.3 is 12.0 Å². The Kier molecular flexibility index (Phi) is 8.11. The molecular weight excluding hydrogens is 234 g/mol. The van der Waals surface area contributed by atoms with Gasteiger partial charge in [0.15, 0.2) is 0 Å². The summed E-state index contributed by atoms with van der Waals surface area (Å²) in [6.07, 6.45) is 2.30. The molecule has 0 aliphatic carbocycles. The number of carbonyl (C=O) groups is 2. The highest BCUT2D eigenvalue weighted by Gasteiger charge is 2.24. The zero-order chi connectivity index (χ0) is 14.1. The van der Waals surface area contributed by atoms with E-state index < -0.39 is 12.0 Å². The molecule has 0 aromatic rings. The summed E-state index contributed by atoms with van der Waals surface area (Å²) < 4.78 is 0. The van der Waals surface area contributed by atoms with Crippen LogP contribution in [0.5, 0.6) is 0 Å². The van der Waals surface area contributed by atoms with Crippen LogP contribution in [0.1, 0.15) is 26.2 Å². The third kappa shape index (κ3) is 6.44. The number of hydrogen-bond acceptors (Lipinski definition) is 3. The van der Waals surface area contributed by atoms with Crippen molar-refractivity contribution in [3.8, 4) is 0 Å². The lowest BCUT2D eigenvalue weighted by Gasteiger charge is -2.24. The summed E-state index contributed by atoms with van der Waals surface area (Å²) in [5.41, 5.74) is 0. The minimum atomic E-state index is -0.970. The molecule has 2 amide bonds. The zero-order valence-corrected chi connectivity index (χ0v) is 11.8. The third-order valence-corrected chi connectivity index (χ3v) is 2.77. The minimum Gasteiger partial charge on any atom is -0.480 e. The number of unbranched alkanes of at least 4 members (excludes halogenated alkanes) is 1. The van der Waals surface area contributed by atoms with Gasteiger partial charge in [-0.15, -0.1) is 0 Å². The van der Waals surface area contributed by atoms with E-state index in [2.05, 4.69) is 10.2 Å². The normalized spacial score (nSPS) is 12.3. The standard InChI is InChI=1S/C12H25N3O3/c1-5-10(11(16)17)15(4)12(18)13-8-6-7-9-14(2)3/h10H,5-9H2,1-4H3,(H,13,18)(H,16,17). The molecule has 0 radical (unpaired) electrons. The van der Waals surface area contributed by atoms with Crippen molar-refractivity contribution in [3.63, 3.8) is 0 Å². The van der Waals surface area contributed by atoms with E-state index in [1.807, 2.05) is 14.1 Å². The van der Waals surface area contributed by atoms with Gasteiger partial charge in [0.05, 0.1) is 0 Å². The quantitative estimate of drug-likeness (QED) is 0.633. The summed E-state index contributed by atoms with van der Waals surface area (Å²) in [7, 11) is 5.52. The monoisotopic (exact) mass is 259 g/mol. The summed E-state index contributed by atoms with van der Waals surface area (Å²) in [6, 6.07) is -1.08. The van der Waals surface area contributed by atoms with Crippen molar-refractivity contribution in [1.82, 2.24) is 15.1 Å². The van der Waals surface area contributed by atoms with Gasteiger partial charge in [-0.25, -0.2) is 9.59 Å². The average Bonchev–Trinajstić information content (AvgIpc) is 2.28. The molecule has 1 unspecified atom stereocenters. The van der Waals surface area contributed by atoms with Crippen LogP contribution in [-0.4, -0.2) is 67.2 Å². The lowest BCUT2D eigenvalue weighted by atomic mass is 10.2. The first-order valence-corrected chi connectivity index (χ1v) is 6.28. The van der Waals surface area contributed by atoms with Crippen LogP contribution in [-0.2, 0) is 4.79 Å². The molecule has 0 aromatic carbocycles. The van der Waals surface area contributed by atoms with Crippen molar-refractivity contribution in [2.45, 2.75) is 32.2 Å². The minimum absolute atomic E-state index is 0.325. The Labute approximate surface area is 109 Å². The number of urea groups is 1. The first kappa shape index (κ1) is 16.7. The van der Waals surface area contributed by atoms with Gasteiger partial charge in [0.2, 0.25) is 0 Å². The summed E-state index contributed by atoms with van der Waals surface area (Å²) >= 11 is 0. The molecule has 0 heterocycles.